The average Bonchev–Trinajstić information content (AvgIpc) is 2.73. The lowest BCUT2D eigenvalue weighted by atomic mass is 10.0. The van der Waals surface area contributed by atoms with E-state index in [1.54, 1.807) is 19.4 Å². The molecule has 0 bridgehead atoms. The Morgan fingerprint density at radius 2 is 1.80 bits per heavy atom. The molecule has 0 aliphatic carbocycles. The molecule has 2 aromatic carbocycles. The van der Waals surface area contributed by atoms with Crippen LogP contribution >= 0.6 is 11.6 Å². The maximum absolute atomic E-state index is 13.1. The molecule has 0 saturated heterocycles. The molecular weight excluding hydrogens is 417 g/mol. The van der Waals surface area contributed by atoms with Crippen molar-refractivity contribution in [2.75, 3.05) is 13.6 Å². The molecule has 0 saturated carbocycles. The normalized spacial score (nSPS) is 12.4. The molecule has 0 radical (unpaired) electrons. The number of carbonyl (C=O) groups excluding carboxylic acids is 1. The van der Waals surface area contributed by atoms with Crippen LogP contribution in [0.5, 0.6) is 0 Å². The van der Waals surface area contributed by atoms with Gasteiger partial charge in [0.25, 0.3) is 5.91 Å². The fourth-order valence-corrected chi connectivity index (χ4v) is 3.32. The van der Waals surface area contributed by atoms with E-state index in [1.165, 1.54) is 12.4 Å². The van der Waals surface area contributed by atoms with Gasteiger partial charge in [0.1, 0.15) is 6.33 Å². The molecule has 1 heterocycles. The third-order valence-electron chi connectivity index (χ3n) is 4.45. The van der Waals surface area contributed by atoms with Crippen molar-refractivity contribution < 1.29 is 18.0 Å². The van der Waals surface area contributed by atoms with Crippen LogP contribution in [0.1, 0.15) is 27.5 Å². The van der Waals surface area contributed by atoms with Gasteiger partial charge in [0, 0.05) is 24.5 Å². The van der Waals surface area contributed by atoms with Gasteiger partial charge >= 0.3 is 6.18 Å². The Morgan fingerprint density at radius 3 is 2.47 bits per heavy atom. The number of nitrogens with one attached hydrogen (secondary N) is 2. The van der Waals surface area contributed by atoms with E-state index >= 15 is 0 Å². The first-order valence-electron chi connectivity index (χ1n) is 8.97. The van der Waals surface area contributed by atoms with E-state index in [1.807, 2.05) is 24.3 Å². The van der Waals surface area contributed by atoms with Crippen molar-refractivity contribution in [1.29, 1.82) is 0 Å². The van der Waals surface area contributed by atoms with Crippen LogP contribution in [0.25, 0.3) is 11.1 Å². The fourth-order valence-electron chi connectivity index (χ4n) is 3.00. The summed E-state index contributed by atoms with van der Waals surface area (Å²) in [6, 6.07) is 10.2. The summed E-state index contributed by atoms with van der Waals surface area (Å²) in [4.78, 5) is 20.7. The molecular formula is C21H18ClF3N4O. The summed E-state index contributed by atoms with van der Waals surface area (Å²) in [5, 5.41) is 5.12. The van der Waals surface area contributed by atoms with Gasteiger partial charge in [-0.15, -0.1) is 0 Å². The highest BCUT2D eigenvalue weighted by atomic mass is 35.5. The largest absolute Gasteiger partial charge is 0.417 e. The van der Waals surface area contributed by atoms with Crippen LogP contribution in [0.15, 0.2) is 61.2 Å². The van der Waals surface area contributed by atoms with E-state index in [0.717, 1.165) is 28.8 Å². The van der Waals surface area contributed by atoms with Crippen LogP contribution in [0.2, 0.25) is 5.02 Å². The van der Waals surface area contributed by atoms with Crippen LogP contribution in [0.4, 0.5) is 13.2 Å². The van der Waals surface area contributed by atoms with Gasteiger partial charge < -0.3 is 10.6 Å². The van der Waals surface area contributed by atoms with E-state index in [9.17, 15) is 18.0 Å². The zero-order valence-electron chi connectivity index (χ0n) is 15.9. The molecule has 2 N–H and O–H groups in total. The number of benzene rings is 2. The van der Waals surface area contributed by atoms with Gasteiger partial charge in [-0.25, -0.2) is 9.97 Å². The summed E-state index contributed by atoms with van der Waals surface area (Å²) in [5.74, 6) is -0.695. The van der Waals surface area contributed by atoms with Crippen LogP contribution in [-0.4, -0.2) is 29.5 Å². The third kappa shape index (κ3) is 4.95. The first-order valence-corrected chi connectivity index (χ1v) is 9.35. The standard InChI is InChI=1S/C21H18ClF3N4O/c1-26-11-18(14-5-2-4-13(8-14)15-9-27-12-28-10-15)29-20(30)16-6-3-7-17(19(16)22)21(23,24)25/h2-10,12,18,26H,11H2,1H3,(H,29,30). The van der Waals surface area contributed by atoms with Crippen LogP contribution in [0.3, 0.4) is 0 Å². The Hall–Kier alpha value is -2.97. The molecule has 0 aliphatic rings. The number of hydrogen-bond donors (Lipinski definition) is 2. The average molecular weight is 435 g/mol. The summed E-state index contributed by atoms with van der Waals surface area (Å²) >= 11 is 5.89. The molecule has 5 nitrogen and oxygen atoms in total. The molecule has 0 spiro atoms. The van der Waals surface area contributed by atoms with E-state index in [0.29, 0.717) is 6.54 Å². The molecule has 3 rings (SSSR count). The van der Waals surface area contributed by atoms with Gasteiger partial charge in [0.2, 0.25) is 0 Å². The second kappa shape index (κ2) is 9.23. The lowest BCUT2D eigenvalue weighted by Crippen LogP contribution is -2.35. The van der Waals surface area contributed by atoms with Crippen molar-refractivity contribution in [3.8, 4) is 11.1 Å². The van der Waals surface area contributed by atoms with Crippen molar-refractivity contribution in [2.24, 2.45) is 0 Å². The number of nitrogens with zero attached hydrogens (tertiary/aromatic N) is 2. The molecule has 156 valence electrons. The Labute approximate surface area is 176 Å². The molecule has 0 aliphatic heterocycles. The number of hydrogen-bond acceptors (Lipinski definition) is 4. The molecule has 30 heavy (non-hydrogen) atoms. The summed E-state index contributed by atoms with van der Waals surface area (Å²) in [6.07, 6.45) is 0.111. The maximum atomic E-state index is 13.1. The Balaban J connectivity index is 1.89. The number of likely N-dealkylation sites (N-methyl/N-ethyl adjacent to an activating group) is 1. The number of amides is 1. The highest BCUT2D eigenvalue weighted by Gasteiger charge is 2.34. The van der Waals surface area contributed by atoms with E-state index < -0.39 is 28.7 Å². The van der Waals surface area contributed by atoms with Crippen LogP contribution < -0.4 is 10.6 Å². The molecule has 1 amide bonds. The lowest BCUT2D eigenvalue weighted by Gasteiger charge is -2.21. The lowest BCUT2D eigenvalue weighted by molar-refractivity contribution is -0.137. The second-order valence-electron chi connectivity index (χ2n) is 6.50. The zero-order chi connectivity index (χ0) is 21.7. The van der Waals surface area contributed by atoms with Crippen LogP contribution in [0, 0.1) is 0 Å². The van der Waals surface area contributed by atoms with Gasteiger partial charge in [-0.2, -0.15) is 13.2 Å². The van der Waals surface area contributed by atoms with Crippen molar-refractivity contribution in [1.82, 2.24) is 20.6 Å². The first-order chi connectivity index (χ1) is 14.3. The number of aromatic nitrogens is 2. The number of halogens is 4. The molecule has 1 atom stereocenters. The van der Waals surface area contributed by atoms with E-state index in [4.69, 9.17) is 11.6 Å². The molecule has 0 fully saturated rings. The van der Waals surface area contributed by atoms with Crippen LogP contribution in [-0.2, 0) is 6.18 Å². The van der Waals surface area contributed by atoms with Crippen molar-refractivity contribution in [3.05, 3.63) is 82.9 Å². The maximum Gasteiger partial charge on any atom is 0.417 e. The molecule has 9 heteroatoms. The van der Waals surface area contributed by atoms with E-state index in [2.05, 4.69) is 20.6 Å². The quantitative estimate of drug-likeness (QED) is 0.599. The Morgan fingerprint density at radius 1 is 1.10 bits per heavy atom. The topological polar surface area (TPSA) is 66.9 Å². The predicted octanol–water partition coefficient (Wildman–Crippen LogP) is 4.51. The summed E-state index contributed by atoms with van der Waals surface area (Å²) in [5.41, 5.74) is 1.13. The SMILES string of the molecule is CNCC(NC(=O)c1cccc(C(F)(F)F)c1Cl)c1cccc(-c2cncnc2)c1. The second-order valence-corrected chi connectivity index (χ2v) is 6.88. The van der Waals surface area contributed by atoms with Crippen molar-refractivity contribution >= 4 is 17.5 Å². The number of rotatable bonds is 6. The van der Waals surface area contributed by atoms with Gasteiger partial charge in [0.05, 0.1) is 22.2 Å². The first kappa shape index (κ1) is 21.7. The summed E-state index contributed by atoms with van der Waals surface area (Å²) < 4.78 is 39.3. The minimum atomic E-state index is -4.65. The third-order valence-corrected chi connectivity index (χ3v) is 4.85. The molecule has 1 unspecified atom stereocenters. The van der Waals surface area contributed by atoms with Gasteiger partial charge in [-0.1, -0.05) is 35.9 Å². The minimum Gasteiger partial charge on any atom is -0.344 e. The zero-order valence-corrected chi connectivity index (χ0v) is 16.6. The molecule has 3 aromatic rings. The smallest absolute Gasteiger partial charge is 0.344 e. The fraction of sp³-hybridized carbons (Fsp3) is 0.190. The summed E-state index contributed by atoms with van der Waals surface area (Å²) in [6.45, 7) is 0.358. The highest BCUT2D eigenvalue weighted by molar-refractivity contribution is 6.34. The van der Waals surface area contributed by atoms with E-state index in [-0.39, 0.29) is 5.56 Å². The van der Waals surface area contributed by atoms with Crippen molar-refractivity contribution in [2.45, 2.75) is 12.2 Å². The number of carbonyl (C=O) groups is 1. The van der Waals surface area contributed by atoms with Gasteiger partial charge in [-0.05, 0) is 36.4 Å². The summed E-state index contributed by atoms with van der Waals surface area (Å²) in [7, 11) is 1.71. The predicted molar refractivity (Wildman–Crippen MR) is 108 cm³/mol. The molecule has 1 aromatic heterocycles. The van der Waals surface area contributed by atoms with Gasteiger partial charge in [0.15, 0.2) is 0 Å². The Bertz CT molecular complexity index is 1030. The van der Waals surface area contributed by atoms with Crippen molar-refractivity contribution in [3.63, 3.8) is 0 Å². The monoisotopic (exact) mass is 434 g/mol. The number of alkyl halides is 3. The van der Waals surface area contributed by atoms with Gasteiger partial charge in [-0.3, -0.25) is 4.79 Å². The Kier molecular flexibility index (Phi) is 6.69. The minimum absolute atomic E-state index is 0.236. The highest BCUT2D eigenvalue weighted by Crippen LogP contribution is 2.36.